The largest absolute Gasteiger partial charge is 0.487 e. The molecular weight excluding hydrogens is 1660 g/mol. The number of amides is 5. The van der Waals surface area contributed by atoms with Crippen LogP contribution in [0, 0.1) is 5.92 Å². The van der Waals surface area contributed by atoms with Gasteiger partial charge >= 0.3 is 11.9 Å². The molecule has 4 rings (SSSR count). The molecule has 125 heavy (non-hydrogen) atoms. The lowest BCUT2D eigenvalue weighted by Gasteiger charge is -2.39. The molecule has 1 unspecified atom stereocenters. The highest BCUT2D eigenvalue weighted by atomic mass is 16.6. The number of aliphatic hydroxyl groups is 3. The maximum Gasteiger partial charge on any atom is 0.335 e. The van der Waals surface area contributed by atoms with Crippen LogP contribution in [-0.4, -0.2) is 420 Å². The van der Waals surface area contributed by atoms with Crippen molar-refractivity contribution in [2.45, 2.75) is 102 Å². The van der Waals surface area contributed by atoms with Crippen molar-refractivity contribution < 1.29 is 177 Å². The van der Waals surface area contributed by atoms with Crippen LogP contribution in [-0.2, 0) is 167 Å². The van der Waals surface area contributed by atoms with Gasteiger partial charge in [0.25, 0.3) is 11.8 Å². The number of benzene rings is 2. The molecule has 5 amide bonds. The van der Waals surface area contributed by atoms with Crippen LogP contribution in [0.3, 0.4) is 0 Å². The number of hydrogen-bond donors (Lipinski definition) is 7. The van der Waals surface area contributed by atoms with Gasteiger partial charge in [-0.25, -0.2) is 4.79 Å². The van der Waals surface area contributed by atoms with Gasteiger partial charge in [0.15, 0.2) is 17.6 Å². The predicted octanol–water partition coefficient (Wildman–Crippen LogP) is 0.120. The van der Waals surface area contributed by atoms with Crippen molar-refractivity contribution in [2.24, 2.45) is 5.92 Å². The zero-order chi connectivity index (χ0) is 90.4. The third kappa shape index (κ3) is 52.5. The van der Waals surface area contributed by atoms with Gasteiger partial charge in [-0.3, -0.25) is 33.7 Å². The number of carboxylic acids is 1. The second kappa shape index (κ2) is 73.1. The molecule has 1 fully saturated rings. The Balaban J connectivity index is 1.21. The number of aliphatic carboxylic acids is 1. The zero-order valence-corrected chi connectivity index (χ0v) is 73.5. The second-order valence-electron chi connectivity index (χ2n) is 28.0. The normalized spacial score (nSPS) is 16.6. The molecule has 2 aromatic rings. The van der Waals surface area contributed by atoms with Crippen LogP contribution in [0.25, 0.3) is 0 Å². The Morgan fingerprint density at radius 1 is 0.408 bits per heavy atom. The van der Waals surface area contributed by atoms with Gasteiger partial charge in [-0.15, -0.1) is 0 Å². The molecular formula is C84H138N4O37. The first kappa shape index (κ1) is 111. The zero-order valence-electron chi connectivity index (χ0n) is 73.5. The summed E-state index contributed by atoms with van der Waals surface area (Å²) in [4.78, 5) is 93.8. The number of carbonyl (C=O) groups is 7. The SMILES string of the molecule is COCCOCCOCCOCCOCCOCCOCCOCCOCCOCCOCCOc1ccc(CC(C(=O)N[C@H](C(=O)N[C@H](C)C(=O)Nc2ccc(COC(C)=O)c(CC[C@@H]3O[C@H](C(=O)O)[C@@H](O)[C@H](O)[C@H]3O)c2)C(C)C)N2C(=O)C=CC2=O)cc1OCCOCCOCCOCCOCCOCCOCCOCCOCCOCCOCCOC. The average Bonchev–Trinajstić information content (AvgIpc) is 1.79. The Labute approximate surface area is 732 Å². The van der Waals surface area contributed by atoms with Crippen LogP contribution in [0.5, 0.6) is 11.5 Å². The minimum atomic E-state index is -1.90. The number of methoxy groups -OCH3 is 2. The van der Waals surface area contributed by atoms with E-state index in [1.165, 1.54) is 26.0 Å². The molecule has 0 radical (unpaired) electrons. The molecule has 1 saturated heterocycles. The van der Waals surface area contributed by atoms with Crippen LogP contribution < -0.4 is 25.4 Å². The number of rotatable bonds is 84. The molecule has 0 saturated carbocycles. The van der Waals surface area contributed by atoms with Crippen molar-refractivity contribution in [3.8, 4) is 11.5 Å². The highest BCUT2D eigenvalue weighted by Gasteiger charge is 2.47. The fourth-order valence-corrected chi connectivity index (χ4v) is 11.4. The Hall–Kier alpha value is -6.77. The van der Waals surface area contributed by atoms with E-state index in [0.29, 0.717) is 260 Å². The molecule has 0 bridgehead atoms. The highest BCUT2D eigenvalue weighted by molar-refractivity contribution is 6.15. The number of carboxylic acid groups (broad SMARTS) is 1. The lowest BCUT2D eigenvalue weighted by molar-refractivity contribution is -0.228. The van der Waals surface area contributed by atoms with E-state index in [9.17, 15) is 54.0 Å². The molecule has 2 aliphatic rings. The molecule has 0 spiro atoms. The number of aliphatic hydroxyl groups excluding tert-OH is 3. The molecule has 2 aliphatic heterocycles. The number of ether oxygens (including phenoxy) is 26. The molecule has 0 aromatic heterocycles. The van der Waals surface area contributed by atoms with Crippen LogP contribution in [0.15, 0.2) is 48.6 Å². The monoisotopic (exact) mass is 1790 g/mol. The van der Waals surface area contributed by atoms with Crippen LogP contribution >= 0.6 is 0 Å². The number of aryl methyl sites for hydroxylation is 1. The Bertz CT molecular complexity index is 3170. The topological polar surface area (TPSA) is 480 Å². The number of hydrogen-bond acceptors (Lipinski definition) is 36. The van der Waals surface area contributed by atoms with E-state index >= 15 is 0 Å². The minimum absolute atomic E-state index is 0.0300. The summed E-state index contributed by atoms with van der Waals surface area (Å²) >= 11 is 0. The minimum Gasteiger partial charge on any atom is -0.487 e. The number of anilines is 1. The number of carbonyl (C=O) groups excluding carboxylic acids is 6. The van der Waals surface area contributed by atoms with Gasteiger partial charge in [0.1, 0.15) is 56.3 Å². The summed E-state index contributed by atoms with van der Waals surface area (Å²) in [7, 11) is 3.25. The molecule has 0 aliphatic carbocycles. The van der Waals surface area contributed by atoms with Gasteiger partial charge in [0.05, 0.1) is 284 Å². The van der Waals surface area contributed by atoms with Crippen molar-refractivity contribution in [3.05, 3.63) is 65.2 Å². The molecule has 8 atom stereocenters. The summed E-state index contributed by atoms with van der Waals surface area (Å²) < 4.78 is 144. The molecule has 2 heterocycles. The van der Waals surface area contributed by atoms with E-state index in [1.54, 1.807) is 52.3 Å². The first-order chi connectivity index (χ1) is 60.9. The Morgan fingerprint density at radius 2 is 0.760 bits per heavy atom. The molecule has 41 nitrogen and oxygen atoms in total. The second-order valence-corrected chi connectivity index (χ2v) is 28.0. The lowest BCUT2D eigenvalue weighted by Crippen LogP contribution is -2.59. The third-order valence-corrected chi connectivity index (χ3v) is 18.0. The fourth-order valence-electron chi connectivity index (χ4n) is 11.4. The van der Waals surface area contributed by atoms with Crippen LogP contribution in [0.2, 0.25) is 0 Å². The summed E-state index contributed by atoms with van der Waals surface area (Å²) in [6.45, 7) is 23.0. The van der Waals surface area contributed by atoms with Gasteiger partial charge in [-0.2, -0.15) is 0 Å². The molecule has 41 heteroatoms. The van der Waals surface area contributed by atoms with Gasteiger partial charge in [-0.1, -0.05) is 26.0 Å². The molecule has 2 aromatic carbocycles. The maximum absolute atomic E-state index is 14.6. The predicted molar refractivity (Wildman–Crippen MR) is 444 cm³/mol. The summed E-state index contributed by atoms with van der Waals surface area (Å²) in [5, 5.41) is 49.0. The summed E-state index contributed by atoms with van der Waals surface area (Å²) in [5.74, 6) is -6.14. The third-order valence-electron chi connectivity index (χ3n) is 18.0. The maximum atomic E-state index is 14.6. The molecule has 716 valence electrons. The van der Waals surface area contributed by atoms with Crippen molar-refractivity contribution in [1.29, 1.82) is 0 Å². The van der Waals surface area contributed by atoms with Crippen LogP contribution in [0.1, 0.15) is 50.8 Å². The van der Waals surface area contributed by atoms with Gasteiger partial charge in [-0.05, 0) is 66.6 Å². The van der Waals surface area contributed by atoms with E-state index in [2.05, 4.69) is 16.0 Å². The van der Waals surface area contributed by atoms with E-state index in [0.717, 1.165) is 17.1 Å². The van der Waals surface area contributed by atoms with E-state index in [1.807, 2.05) is 0 Å². The number of esters is 1. The Morgan fingerprint density at radius 3 is 1.10 bits per heavy atom. The first-order valence-corrected chi connectivity index (χ1v) is 42.4. The van der Waals surface area contributed by atoms with E-state index < -0.39 is 96.0 Å². The quantitative estimate of drug-likeness (QED) is 0.0263. The van der Waals surface area contributed by atoms with Gasteiger partial charge < -0.3 is 160 Å². The summed E-state index contributed by atoms with van der Waals surface area (Å²) in [5.41, 5.74) is 1.59. The highest BCUT2D eigenvalue weighted by Crippen LogP contribution is 2.31. The van der Waals surface area contributed by atoms with Crippen LogP contribution in [0.4, 0.5) is 5.69 Å². The summed E-state index contributed by atoms with van der Waals surface area (Å²) in [6.07, 6.45) is -6.68. The molecule has 7 N–H and O–H groups in total. The van der Waals surface area contributed by atoms with Crippen molar-refractivity contribution in [1.82, 2.24) is 15.5 Å². The lowest BCUT2D eigenvalue weighted by atomic mass is 9.91. The van der Waals surface area contributed by atoms with Gasteiger partial charge in [0, 0.05) is 45.4 Å². The van der Waals surface area contributed by atoms with E-state index in [4.69, 9.17) is 123 Å². The number of nitrogens with zero attached hydrogens (tertiary/aromatic N) is 1. The van der Waals surface area contributed by atoms with Crippen molar-refractivity contribution in [2.75, 3.05) is 310 Å². The fraction of sp³-hybridized carbons (Fsp3) is 0.750. The van der Waals surface area contributed by atoms with Crippen molar-refractivity contribution >= 4 is 47.2 Å². The van der Waals surface area contributed by atoms with E-state index in [-0.39, 0.29) is 90.2 Å². The Kier molecular flexibility index (Phi) is 64.6. The summed E-state index contributed by atoms with van der Waals surface area (Å²) in [6, 6.07) is 5.39. The number of nitrogens with one attached hydrogen (secondary N) is 3. The van der Waals surface area contributed by atoms with Crippen molar-refractivity contribution in [3.63, 3.8) is 0 Å². The first-order valence-electron chi connectivity index (χ1n) is 42.4. The average molecular weight is 1800 g/mol. The number of imide groups is 1. The van der Waals surface area contributed by atoms with Gasteiger partial charge in [0.2, 0.25) is 17.7 Å². The standard InChI is InChI=1S/C84H138N4O37/c1-63(2)76(83(97)85-64(3)81(95)86-69-10-8-68(62-124-65(4)89)67(61-69)9-12-72-77(92)78(93)79(94)80(125-72)84(98)99)87-82(96)70(88-74(90)13-14-75(88)91)59-66-7-11-71(122-57-55-120-53-51-118-49-47-116-45-43-114-41-39-112-37-35-110-33-31-108-29-27-106-25-23-104-21-19-102-17-15-100-5)73(60-66)123-58-56-121-54-52-119-50-48-117-46-44-115-42-40-113-38-36-111-34-32-109-30-28-107-26-24-105-22-20-103-18-16-101-6/h7-8,10-11,13-14,60-61,63-64,70,72,76-80,92-94H,9,12,15-59,62H2,1-6H3,(H,85,97)(H,86,95)(H,87,96)(H,98,99)/t64-,70?,72+,76+,77+,78-,79+,80+/m1/s1. The smallest absolute Gasteiger partial charge is 0.335 e.